The first kappa shape index (κ1) is 17.8. The molecule has 0 spiro atoms. The number of rotatable bonds is 2. The highest BCUT2D eigenvalue weighted by atomic mass is 35.5. The molecule has 0 aliphatic heterocycles. The number of halogens is 1. The predicted molar refractivity (Wildman–Crippen MR) is 86.6 cm³/mol. The summed E-state index contributed by atoms with van der Waals surface area (Å²) in [7, 11) is 0. The Bertz CT molecular complexity index is 498. The highest BCUT2D eigenvalue weighted by Crippen LogP contribution is 2.28. The first-order valence-corrected chi connectivity index (χ1v) is 7.19. The second-order valence-electron chi connectivity index (χ2n) is 6.39. The Morgan fingerprint density at radius 2 is 2.14 bits per heavy atom. The molecule has 1 aromatic carbocycles. The third-order valence-electron chi connectivity index (χ3n) is 3.40. The summed E-state index contributed by atoms with van der Waals surface area (Å²) in [5, 5.41) is 2.78. The number of hydrogen-bond acceptors (Lipinski definition) is 3. The second-order valence-corrected chi connectivity index (χ2v) is 6.39. The van der Waals surface area contributed by atoms with Crippen LogP contribution < -0.4 is 11.1 Å². The molecule has 5 heteroatoms. The van der Waals surface area contributed by atoms with Crippen LogP contribution in [0.4, 0.5) is 4.79 Å². The number of carbonyl (C=O) groups is 1. The fourth-order valence-electron chi connectivity index (χ4n) is 2.50. The third kappa shape index (κ3) is 5.21. The molecule has 1 aromatic rings. The van der Waals surface area contributed by atoms with Crippen LogP contribution in [0.5, 0.6) is 0 Å². The van der Waals surface area contributed by atoms with E-state index in [2.05, 4.69) is 17.4 Å². The average molecular weight is 313 g/mol. The van der Waals surface area contributed by atoms with Gasteiger partial charge in [0.05, 0.1) is 0 Å². The minimum absolute atomic E-state index is 0. The second kappa shape index (κ2) is 7.14. The van der Waals surface area contributed by atoms with Crippen molar-refractivity contribution in [3.05, 3.63) is 34.9 Å². The highest BCUT2D eigenvalue weighted by molar-refractivity contribution is 5.85. The lowest BCUT2D eigenvalue weighted by molar-refractivity contribution is 0.0523. The number of alkyl carbamates (subject to hydrolysis) is 1. The standard InChI is InChI=1S/C16H24N2O2.ClH/c1-16(2,3)20-15(19)18-10-11-7-8-13-12(9-11)5-4-6-14(13)17;/h7-9,14H,4-6,10,17H2,1-3H3,(H,18,19);1H. The molecule has 1 amide bonds. The molecule has 1 aliphatic carbocycles. The lowest BCUT2D eigenvalue weighted by Crippen LogP contribution is -2.32. The molecule has 4 nitrogen and oxygen atoms in total. The van der Waals surface area contributed by atoms with Gasteiger partial charge in [0.2, 0.25) is 0 Å². The maximum absolute atomic E-state index is 11.6. The van der Waals surface area contributed by atoms with Crippen molar-refractivity contribution in [1.82, 2.24) is 5.32 Å². The molecule has 0 heterocycles. The van der Waals surface area contributed by atoms with E-state index >= 15 is 0 Å². The molecule has 0 saturated carbocycles. The summed E-state index contributed by atoms with van der Waals surface area (Å²) in [6.07, 6.45) is 2.88. The van der Waals surface area contributed by atoms with E-state index in [0.29, 0.717) is 6.54 Å². The van der Waals surface area contributed by atoms with E-state index in [1.54, 1.807) is 0 Å². The molecule has 2 rings (SSSR count). The van der Waals surface area contributed by atoms with Crippen LogP contribution in [0.1, 0.15) is 56.3 Å². The summed E-state index contributed by atoms with van der Waals surface area (Å²) in [5.74, 6) is 0. The van der Waals surface area contributed by atoms with Crippen LogP contribution in [0.2, 0.25) is 0 Å². The Hall–Kier alpha value is -1.26. The summed E-state index contributed by atoms with van der Waals surface area (Å²) in [6.45, 7) is 6.05. The van der Waals surface area contributed by atoms with Gasteiger partial charge in [-0.05, 0) is 56.7 Å². The van der Waals surface area contributed by atoms with Crippen LogP contribution in [-0.4, -0.2) is 11.7 Å². The first-order chi connectivity index (χ1) is 9.35. The molecule has 21 heavy (non-hydrogen) atoms. The molecule has 1 aliphatic rings. The molecule has 0 saturated heterocycles. The van der Waals surface area contributed by atoms with Crippen molar-refractivity contribution in [1.29, 1.82) is 0 Å². The van der Waals surface area contributed by atoms with E-state index in [9.17, 15) is 4.79 Å². The van der Waals surface area contributed by atoms with Gasteiger partial charge in [0.15, 0.2) is 0 Å². The van der Waals surface area contributed by atoms with Crippen molar-refractivity contribution in [3.63, 3.8) is 0 Å². The molecule has 3 N–H and O–H groups in total. The SMILES string of the molecule is CC(C)(C)OC(=O)NCc1ccc2c(c1)CCCC2N.Cl. The number of hydrogen-bond donors (Lipinski definition) is 2. The van der Waals surface area contributed by atoms with Crippen LogP contribution in [0.3, 0.4) is 0 Å². The van der Waals surface area contributed by atoms with E-state index in [1.165, 1.54) is 11.1 Å². The van der Waals surface area contributed by atoms with Gasteiger partial charge in [0.25, 0.3) is 0 Å². The molecule has 1 atom stereocenters. The van der Waals surface area contributed by atoms with E-state index in [1.807, 2.05) is 26.8 Å². The Morgan fingerprint density at radius 3 is 2.81 bits per heavy atom. The smallest absolute Gasteiger partial charge is 0.407 e. The topological polar surface area (TPSA) is 64.3 Å². The Kier molecular flexibility index (Phi) is 6.05. The predicted octanol–water partition coefficient (Wildman–Crippen LogP) is 3.47. The zero-order chi connectivity index (χ0) is 14.8. The van der Waals surface area contributed by atoms with E-state index in [0.717, 1.165) is 24.8 Å². The number of carbonyl (C=O) groups excluding carboxylic acids is 1. The summed E-state index contributed by atoms with van der Waals surface area (Å²) < 4.78 is 5.22. The maximum atomic E-state index is 11.6. The molecular formula is C16H25ClN2O2. The van der Waals surface area contributed by atoms with Gasteiger partial charge in [-0.2, -0.15) is 0 Å². The third-order valence-corrected chi connectivity index (χ3v) is 3.40. The minimum Gasteiger partial charge on any atom is -0.444 e. The number of aryl methyl sites for hydroxylation is 1. The van der Waals surface area contributed by atoms with E-state index in [4.69, 9.17) is 10.5 Å². The lowest BCUT2D eigenvalue weighted by Gasteiger charge is -2.23. The number of nitrogens with one attached hydrogen (secondary N) is 1. The van der Waals surface area contributed by atoms with E-state index in [-0.39, 0.29) is 24.5 Å². The van der Waals surface area contributed by atoms with Crippen molar-refractivity contribution in [2.24, 2.45) is 5.73 Å². The maximum Gasteiger partial charge on any atom is 0.407 e. The van der Waals surface area contributed by atoms with Gasteiger partial charge in [-0.1, -0.05) is 18.2 Å². The largest absolute Gasteiger partial charge is 0.444 e. The lowest BCUT2D eigenvalue weighted by atomic mass is 9.87. The number of ether oxygens (including phenoxy) is 1. The Labute approximate surface area is 132 Å². The minimum atomic E-state index is -0.466. The molecule has 118 valence electrons. The Morgan fingerprint density at radius 1 is 1.43 bits per heavy atom. The van der Waals surface area contributed by atoms with Crippen LogP contribution in [-0.2, 0) is 17.7 Å². The van der Waals surface area contributed by atoms with Crippen LogP contribution >= 0.6 is 12.4 Å². The van der Waals surface area contributed by atoms with Gasteiger partial charge in [-0.15, -0.1) is 12.4 Å². The summed E-state index contributed by atoms with van der Waals surface area (Å²) in [6, 6.07) is 6.42. The number of benzene rings is 1. The van der Waals surface area contributed by atoms with Crippen molar-refractivity contribution in [2.45, 2.75) is 58.2 Å². The van der Waals surface area contributed by atoms with Crippen LogP contribution in [0.25, 0.3) is 0 Å². The van der Waals surface area contributed by atoms with Gasteiger partial charge in [0, 0.05) is 12.6 Å². The van der Waals surface area contributed by atoms with Gasteiger partial charge < -0.3 is 15.8 Å². The van der Waals surface area contributed by atoms with Crippen molar-refractivity contribution in [3.8, 4) is 0 Å². The van der Waals surface area contributed by atoms with Crippen LogP contribution in [0.15, 0.2) is 18.2 Å². The Balaban J connectivity index is 0.00000220. The number of fused-ring (bicyclic) bond motifs is 1. The molecule has 0 fully saturated rings. The number of nitrogens with two attached hydrogens (primary N) is 1. The van der Waals surface area contributed by atoms with Gasteiger partial charge in [-0.3, -0.25) is 0 Å². The van der Waals surface area contributed by atoms with Gasteiger partial charge in [0.1, 0.15) is 5.60 Å². The normalized spacial score (nSPS) is 17.4. The van der Waals surface area contributed by atoms with Crippen molar-refractivity contribution < 1.29 is 9.53 Å². The molecule has 0 radical (unpaired) electrons. The molecule has 0 bridgehead atoms. The van der Waals surface area contributed by atoms with Gasteiger partial charge >= 0.3 is 6.09 Å². The van der Waals surface area contributed by atoms with Crippen molar-refractivity contribution >= 4 is 18.5 Å². The zero-order valence-corrected chi connectivity index (χ0v) is 13.8. The quantitative estimate of drug-likeness (QED) is 0.879. The fraction of sp³-hybridized carbons (Fsp3) is 0.562. The molecule has 0 aromatic heterocycles. The molecule has 1 unspecified atom stereocenters. The average Bonchev–Trinajstić information content (AvgIpc) is 2.34. The monoisotopic (exact) mass is 312 g/mol. The summed E-state index contributed by atoms with van der Waals surface area (Å²) in [5.41, 5.74) is 9.28. The summed E-state index contributed by atoms with van der Waals surface area (Å²) >= 11 is 0. The zero-order valence-electron chi connectivity index (χ0n) is 12.9. The highest BCUT2D eigenvalue weighted by Gasteiger charge is 2.18. The van der Waals surface area contributed by atoms with Crippen LogP contribution in [0, 0.1) is 0 Å². The molecular weight excluding hydrogens is 288 g/mol. The van der Waals surface area contributed by atoms with Gasteiger partial charge in [-0.25, -0.2) is 4.79 Å². The fourth-order valence-corrected chi connectivity index (χ4v) is 2.50. The first-order valence-electron chi connectivity index (χ1n) is 7.19. The van der Waals surface area contributed by atoms with Crippen molar-refractivity contribution in [2.75, 3.05) is 0 Å². The number of amides is 1. The summed E-state index contributed by atoms with van der Waals surface area (Å²) in [4.78, 5) is 11.6. The van der Waals surface area contributed by atoms with E-state index < -0.39 is 5.60 Å².